The average molecular weight is 546 g/mol. The Balaban J connectivity index is 1.38. The Hall–Kier alpha value is -5.80. The lowest BCUT2D eigenvalue weighted by Gasteiger charge is -2.15. The number of rotatable bonds is 2. The van der Waals surface area contributed by atoms with E-state index >= 15 is 0 Å². The molecule has 0 amide bonds. The highest BCUT2D eigenvalue weighted by molar-refractivity contribution is 6.27. The fourth-order valence-corrected chi connectivity index (χ4v) is 7.36. The lowest BCUT2D eigenvalue weighted by atomic mass is 9.93. The van der Waals surface area contributed by atoms with Crippen LogP contribution in [0.3, 0.4) is 0 Å². The maximum absolute atomic E-state index is 5.40. The summed E-state index contributed by atoms with van der Waals surface area (Å²) in [5.41, 5.74) is 10.2. The van der Waals surface area contributed by atoms with Crippen LogP contribution in [0.4, 0.5) is 0 Å². The van der Waals surface area contributed by atoms with Crippen LogP contribution in [-0.4, -0.2) is 14.5 Å². The molecule has 0 atom stereocenters. The summed E-state index contributed by atoms with van der Waals surface area (Å²) in [6.07, 6.45) is 0. The summed E-state index contributed by atoms with van der Waals surface area (Å²) in [6.45, 7) is 0. The van der Waals surface area contributed by atoms with E-state index in [1.807, 2.05) is 0 Å². The van der Waals surface area contributed by atoms with Gasteiger partial charge in [-0.1, -0.05) is 121 Å². The molecule has 0 bridgehead atoms. The van der Waals surface area contributed by atoms with Gasteiger partial charge in [-0.2, -0.15) is 0 Å². The highest BCUT2D eigenvalue weighted by Crippen LogP contribution is 2.49. The quantitative estimate of drug-likeness (QED) is 0.202. The van der Waals surface area contributed by atoms with Gasteiger partial charge in [-0.15, -0.1) is 0 Å². The molecular formula is C40H23N3. The van der Waals surface area contributed by atoms with Crippen molar-refractivity contribution in [2.24, 2.45) is 0 Å². The van der Waals surface area contributed by atoms with Crippen LogP contribution in [0.5, 0.6) is 0 Å². The van der Waals surface area contributed by atoms with E-state index in [0.29, 0.717) is 5.95 Å². The van der Waals surface area contributed by atoms with Gasteiger partial charge in [-0.25, -0.2) is 9.97 Å². The van der Waals surface area contributed by atoms with Gasteiger partial charge in [-0.3, -0.25) is 4.57 Å². The van der Waals surface area contributed by atoms with Crippen molar-refractivity contribution in [3.8, 4) is 39.5 Å². The van der Waals surface area contributed by atoms with E-state index in [1.54, 1.807) is 0 Å². The summed E-state index contributed by atoms with van der Waals surface area (Å²) in [5.74, 6) is 0.683. The molecule has 10 rings (SSSR count). The molecule has 0 unspecified atom stereocenters. The molecule has 0 fully saturated rings. The summed E-state index contributed by atoms with van der Waals surface area (Å²) < 4.78 is 2.27. The van der Waals surface area contributed by atoms with Gasteiger partial charge in [0.1, 0.15) is 0 Å². The SMILES string of the molecule is c1ccc(-c2nc(-n3c4cccc5c4c4c(cccc43)-c3cccc4cccc-5c34)nc3ccc4ccccc4c23)cc1. The van der Waals surface area contributed by atoms with Gasteiger partial charge >= 0.3 is 0 Å². The normalized spacial score (nSPS) is 12.2. The third-order valence-corrected chi connectivity index (χ3v) is 9.13. The summed E-state index contributed by atoms with van der Waals surface area (Å²) in [5, 5.41) is 8.51. The van der Waals surface area contributed by atoms with Crippen LogP contribution in [0.2, 0.25) is 0 Å². The van der Waals surface area contributed by atoms with Crippen LogP contribution >= 0.6 is 0 Å². The molecule has 0 saturated heterocycles. The first-order valence-corrected chi connectivity index (χ1v) is 14.7. The van der Waals surface area contributed by atoms with Gasteiger partial charge in [0.15, 0.2) is 0 Å². The minimum absolute atomic E-state index is 0.683. The lowest BCUT2D eigenvalue weighted by molar-refractivity contribution is 1.01. The number of hydrogen-bond donors (Lipinski definition) is 0. The van der Waals surface area contributed by atoms with E-state index in [4.69, 9.17) is 9.97 Å². The number of aromatic nitrogens is 3. The van der Waals surface area contributed by atoms with Gasteiger partial charge in [0.2, 0.25) is 5.95 Å². The predicted octanol–water partition coefficient (Wildman–Crippen LogP) is 10.3. The molecule has 1 aliphatic rings. The maximum atomic E-state index is 5.40. The molecule has 3 heteroatoms. The molecule has 3 nitrogen and oxygen atoms in total. The Bertz CT molecular complexity index is 2520. The van der Waals surface area contributed by atoms with E-state index < -0.39 is 0 Å². The van der Waals surface area contributed by atoms with Crippen LogP contribution in [0.1, 0.15) is 0 Å². The molecule has 7 aromatic carbocycles. The molecule has 0 radical (unpaired) electrons. The van der Waals surface area contributed by atoms with Crippen molar-refractivity contribution in [3.63, 3.8) is 0 Å². The molecule has 0 N–H and O–H groups in total. The molecule has 2 heterocycles. The zero-order valence-electron chi connectivity index (χ0n) is 23.1. The van der Waals surface area contributed by atoms with E-state index in [2.05, 4.69) is 144 Å². The predicted molar refractivity (Wildman–Crippen MR) is 179 cm³/mol. The molecule has 0 spiro atoms. The summed E-state index contributed by atoms with van der Waals surface area (Å²) in [6, 6.07) is 50.0. The van der Waals surface area contributed by atoms with Gasteiger partial charge < -0.3 is 0 Å². The van der Waals surface area contributed by atoms with Crippen molar-refractivity contribution >= 4 is 54.3 Å². The van der Waals surface area contributed by atoms with Crippen LogP contribution in [0.25, 0.3) is 93.7 Å². The fraction of sp³-hybridized carbons (Fsp3) is 0. The molecule has 198 valence electrons. The van der Waals surface area contributed by atoms with Crippen LogP contribution in [-0.2, 0) is 0 Å². The first-order valence-electron chi connectivity index (χ1n) is 14.7. The Morgan fingerprint density at radius 1 is 0.395 bits per heavy atom. The van der Waals surface area contributed by atoms with Crippen LogP contribution in [0.15, 0.2) is 140 Å². The van der Waals surface area contributed by atoms with E-state index in [0.717, 1.165) is 38.6 Å². The van der Waals surface area contributed by atoms with Crippen molar-refractivity contribution in [3.05, 3.63) is 140 Å². The Morgan fingerprint density at radius 3 is 1.67 bits per heavy atom. The standard InChI is InChI=1S/C40H23N3/c1-2-11-26(12-3-1)39-36-27-15-5-4-10-24(27)22-23-32(36)41-40(42-39)43-33-20-8-18-30-28-16-6-13-25-14-7-17-29(35(25)28)31-19-9-21-34(43)38(31)37(30)33/h1-23H. The van der Waals surface area contributed by atoms with E-state index in [1.165, 1.54) is 49.2 Å². The van der Waals surface area contributed by atoms with E-state index in [9.17, 15) is 0 Å². The highest BCUT2D eigenvalue weighted by atomic mass is 15.2. The first-order chi connectivity index (χ1) is 21.3. The summed E-state index contributed by atoms with van der Waals surface area (Å²) in [4.78, 5) is 10.7. The summed E-state index contributed by atoms with van der Waals surface area (Å²) >= 11 is 0. The van der Waals surface area contributed by atoms with Gasteiger partial charge in [-0.05, 0) is 62.0 Å². The molecule has 2 aromatic heterocycles. The molecule has 0 saturated carbocycles. The number of fused-ring (bicyclic) bond motifs is 5. The minimum atomic E-state index is 0.683. The summed E-state index contributed by atoms with van der Waals surface area (Å²) in [7, 11) is 0. The molecule has 0 aliphatic heterocycles. The lowest BCUT2D eigenvalue weighted by Crippen LogP contribution is -2.04. The van der Waals surface area contributed by atoms with Crippen molar-refractivity contribution in [1.82, 2.24) is 14.5 Å². The molecule has 9 aromatic rings. The van der Waals surface area contributed by atoms with E-state index in [-0.39, 0.29) is 0 Å². The minimum Gasteiger partial charge on any atom is -0.278 e. The monoisotopic (exact) mass is 545 g/mol. The Kier molecular flexibility index (Phi) is 4.45. The second-order valence-electron chi connectivity index (χ2n) is 11.4. The largest absolute Gasteiger partial charge is 0.278 e. The maximum Gasteiger partial charge on any atom is 0.235 e. The second-order valence-corrected chi connectivity index (χ2v) is 11.4. The molecular weight excluding hydrogens is 522 g/mol. The van der Waals surface area contributed by atoms with Gasteiger partial charge in [0, 0.05) is 21.7 Å². The van der Waals surface area contributed by atoms with Crippen molar-refractivity contribution < 1.29 is 0 Å². The number of hydrogen-bond acceptors (Lipinski definition) is 2. The van der Waals surface area contributed by atoms with Crippen LogP contribution < -0.4 is 0 Å². The zero-order valence-corrected chi connectivity index (χ0v) is 23.1. The Morgan fingerprint density at radius 2 is 0.977 bits per heavy atom. The van der Waals surface area contributed by atoms with Crippen molar-refractivity contribution in [2.75, 3.05) is 0 Å². The van der Waals surface area contributed by atoms with Crippen LogP contribution in [0, 0.1) is 0 Å². The third kappa shape index (κ3) is 3.03. The third-order valence-electron chi connectivity index (χ3n) is 9.13. The smallest absolute Gasteiger partial charge is 0.235 e. The number of benzene rings is 7. The highest BCUT2D eigenvalue weighted by Gasteiger charge is 2.25. The molecule has 1 aliphatic carbocycles. The number of nitrogens with zero attached hydrogens (tertiary/aromatic N) is 3. The topological polar surface area (TPSA) is 30.7 Å². The fourth-order valence-electron chi connectivity index (χ4n) is 7.36. The Labute approximate surface area is 247 Å². The second kappa shape index (κ2) is 8.37. The molecule has 43 heavy (non-hydrogen) atoms. The first kappa shape index (κ1) is 22.8. The average Bonchev–Trinajstić information content (AvgIpc) is 3.36. The zero-order chi connectivity index (χ0) is 28.1. The van der Waals surface area contributed by atoms with Gasteiger partial charge in [0.05, 0.1) is 22.2 Å². The van der Waals surface area contributed by atoms with Gasteiger partial charge in [0.25, 0.3) is 0 Å². The van der Waals surface area contributed by atoms with Crippen molar-refractivity contribution in [2.45, 2.75) is 0 Å². The van der Waals surface area contributed by atoms with Crippen molar-refractivity contribution in [1.29, 1.82) is 0 Å².